The lowest BCUT2D eigenvalue weighted by Gasteiger charge is -2.34. The van der Waals surface area contributed by atoms with E-state index in [4.69, 9.17) is 0 Å². The molecule has 6 nitrogen and oxygen atoms in total. The summed E-state index contributed by atoms with van der Waals surface area (Å²) < 4.78 is 2.24. The lowest BCUT2D eigenvalue weighted by atomic mass is 10.0. The van der Waals surface area contributed by atoms with Crippen LogP contribution < -0.4 is 5.32 Å². The van der Waals surface area contributed by atoms with Crippen LogP contribution >= 0.6 is 0 Å². The molecule has 1 N–H and O–H groups in total. The number of aromatic nitrogens is 3. The third kappa shape index (κ3) is 3.52. The first kappa shape index (κ1) is 16.1. The first-order chi connectivity index (χ1) is 12.2. The van der Waals surface area contributed by atoms with Crippen molar-refractivity contribution >= 4 is 11.7 Å². The number of carbonyl (C=O) groups is 1. The van der Waals surface area contributed by atoms with Gasteiger partial charge in [-0.15, -0.1) is 0 Å². The first-order valence-corrected chi connectivity index (χ1v) is 9.28. The van der Waals surface area contributed by atoms with Gasteiger partial charge in [0.05, 0.1) is 11.6 Å². The van der Waals surface area contributed by atoms with Gasteiger partial charge in [-0.2, -0.15) is 0 Å². The fraction of sp³-hybridized carbons (Fsp3) is 0.526. The molecule has 2 aliphatic rings. The number of pyridine rings is 1. The Hall–Kier alpha value is -2.37. The highest BCUT2D eigenvalue weighted by atomic mass is 16.2. The van der Waals surface area contributed by atoms with Crippen LogP contribution in [0.15, 0.2) is 30.7 Å². The molecule has 2 aromatic heterocycles. The monoisotopic (exact) mass is 339 g/mol. The summed E-state index contributed by atoms with van der Waals surface area (Å²) in [5.41, 5.74) is 0.670. The standard InChI is InChI=1S/C19H25N5O/c1-2-18-20-9-11-24(18)16-4-3-10-23(13-16)19(25)14-5-8-17(21-12-14)22-15-6-7-15/h5,8-9,11-12,15-16H,2-4,6-7,10,13H2,1H3,(H,21,22). The summed E-state index contributed by atoms with van der Waals surface area (Å²) in [6.45, 7) is 3.67. The Balaban J connectivity index is 1.44. The molecule has 2 fully saturated rings. The maximum Gasteiger partial charge on any atom is 0.255 e. The van der Waals surface area contributed by atoms with Crippen LogP contribution in [0.1, 0.15) is 54.8 Å². The average Bonchev–Trinajstić information content (AvgIpc) is 3.34. The van der Waals surface area contributed by atoms with Crippen molar-refractivity contribution < 1.29 is 4.79 Å². The third-order valence-electron chi connectivity index (χ3n) is 5.08. The van der Waals surface area contributed by atoms with Crippen LogP contribution in [-0.4, -0.2) is 44.5 Å². The largest absolute Gasteiger partial charge is 0.367 e. The van der Waals surface area contributed by atoms with Crippen LogP contribution in [0.5, 0.6) is 0 Å². The van der Waals surface area contributed by atoms with Crippen LogP contribution in [0.2, 0.25) is 0 Å². The van der Waals surface area contributed by atoms with E-state index in [0.29, 0.717) is 17.6 Å². The second kappa shape index (κ2) is 6.86. The number of anilines is 1. The van der Waals surface area contributed by atoms with Gasteiger partial charge in [0.25, 0.3) is 5.91 Å². The van der Waals surface area contributed by atoms with Crippen LogP contribution in [-0.2, 0) is 6.42 Å². The quantitative estimate of drug-likeness (QED) is 0.910. The molecule has 1 saturated carbocycles. The molecule has 0 radical (unpaired) electrons. The number of imidazole rings is 1. The summed E-state index contributed by atoms with van der Waals surface area (Å²) in [6.07, 6.45) is 11.0. The molecule has 1 saturated heterocycles. The molecule has 25 heavy (non-hydrogen) atoms. The average molecular weight is 339 g/mol. The number of aryl methyl sites for hydroxylation is 1. The number of hydrogen-bond donors (Lipinski definition) is 1. The van der Waals surface area contributed by atoms with Crippen LogP contribution in [0.4, 0.5) is 5.82 Å². The molecule has 4 rings (SSSR count). The van der Waals surface area contributed by atoms with E-state index < -0.39 is 0 Å². The van der Waals surface area contributed by atoms with Crippen molar-refractivity contribution in [3.63, 3.8) is 0 Å². The molecule has 132 valence electrons. The molecule has 1 unspecified atom stereocenters. The molecular formula is C19H25N5O. The highest BCUT2D eigenvalue weighted by molar-refractivity contribution is 5.94. The molecule has 1 aliphatic carbocycles. The number of nitrogens with zero attached hydrogens (tertiary/aromatic N) is 4. The predicted molar refractivity (Wildman–Crippen MR) is 96.7 cm³/mol. The normalized spacial score (nSPS) is 20.5. The zero-order valence-corrected chi connectivity index (χ0v) is 14.7. The Morgan fingerprint density at radius 1 is 1.28 bits per heavy atom. The van der Waals surface area contributed by atoms with E-state index in [9.17, 15) is 4.79 Å². The summed E-state index contributed by atoms with van der Waals surface area (Å²) in [4.78, 5) is 23.6. The first-order valence-electron chi connectivity index (χ1n) is 9.28. The zero-order chi connectivity index (χ0) is 17.2. The summed E-state index contributed by atoms with van der Waals surface area (Å²) in [5.74, 6) is 2.03. The van der Waals surface area contributed by atoms with Gasteiger partial charge in [0.1, 0.15) is 11.6 Å². The molecular weight excluding hydrogens is 314 g/mol. The lowest BCUT2D eigenvalue weighted by Crippen LogP contribution is -2.41. The van der Waals surface area contributed by atoms with Gasteiger partial charge in [0.2, 0.25) is 0 Å². The SMILES string of the molecule is CCc1nccn1C1CCCN(C(=O)c2ccc(NC3CC3)nc2)C1. The van der Waals surface area contributed by atoms with Gasteiger partial charge in [0.15, 0.2) is 0 Å². The molecule has 1 aliphatic heterocycles. The molecule has 3 heterocycles. The Labute approximate surface area is 148 Å². The van der Waals surface area contributed by atoms with Gasteiger partial charge in [-0.3, -0.25) is 4.79 Å². The van der Waals surface area contributed by atoms with Crippen molar-refractivity contribution in [1.29, 1.82) is 0 Å². The number of nitrogens with one attached hydrogen (secondary N) is 1. The molecule has 6 heteroatoms. The van der Waals surface area contributed by atoms with Gasteiger partial charge in [-0.1, -0.05) is 6.92 Å². The number of rotatable bonds is 5. The second-order valence-electron chi connectivity index (χ2n) is 7.00. The van der Waals surface area contributed by atoms with Crippen molar-refractivity contribution in [2.75, 3.05) is 18.4 Å². The minimum absolute atomic E-state index is 0.0772. The highest BCUT2D eigenvalue weighted by Gasteiger charge is 2.27. The van der Waals surface area contributed by atoms with E-state index in [2.05, 4.69) is 26.8 Å². The number of carbonyl (C=O) groups excluding carboxylic acids is 1. The van der Waals surface area contributed by atoms with E-state index in [1.807, 2.05) is 29.4 Å². The second-order valence-corrected chi connectivity index (χ2v) is 7.00. The maximum atomic E-state index is 12.9. The Morgan fingerprint density at radius 3 is 2.88 bits per heavy atom. The van der Waals surface area contributed by atoms with Gasteiger partial charge in [0, 0.05) is 44.1 Å². The van der Waals surface area contributed by atoms with Crippen molar-refractivity contribution in [3.8, 4) is 0 Å². The van der Waals surface area contributed by atoms with Gasteiger partial charge >= 0.3 is 0 Å². The number of hydrogen-bond acceptors (Lipinski definition) is 4. The Bertz CT molecular complexity index is 735. The number of piperidine rings is 1. The topological polar surface area (TPSA) is 63.1 Å². The lowest BCUT2D eigenvalue weighted by molar-refractivity contribution is 0.0677. The molecule has 0 spiro atoms. The van der Waals surface area contributed by atoms with Crippen molar-refractivity contribution in [1.82, 2.24) is 19.4 Å². The summed E-state index contributed by atoms with van der Waals surface area (Å²) in [7, 11) is 0. The summed E-state index contributed by atoms with van der Waals surface area (Å²) in [5, 5.41) is 3.35. The smallest absolute Gasteiger partial charge is 0.255 e. The molecule has 2 aromatic rings. The van der Waals surface area contributed by atoms with Crippen molar-refractivity contribution in [2.24, 2.45) is 0 Å². The fourth-order valence-corrected chi connectivity index (χ4v) is 3.54. The third-order valence-corrected chi connectivity index (χ3v) is 5.08. The van der Waals surface area contributed by atoms with Crippen molar-refractivity contribution in [2.45, 2.75) is 51.1 Å². The Kier molecular flexibility index (Phi) is 4.42. The molecule has 1 atom stereocenters. The summed E-state index contributed by atoms with van der Waals surface area (Å²) in [6, 6.07) is 4.69. The van der Waals surface area contributed by atoms with E-state index >= 15 is 0 Å². The fourth-order valence-electron chi connectivity index (χ4n) is 3.54. The Morgan fingerprint density at radius 2 is 2.16 bits per heavy atom. The van der Waals surface area contributed by atoms with E-state index in [0.717, 1.165) is 44.0 Å². The number of amides is 1. The van der Waals surface area contributed by atoms with Gasteiger partial charge < -0.3 is 14.8 Å². The van der Waals surface area contributed by atoms with Gasteiger partial charge in [-0.05, 0) is 37.8 Å². The van der Waals surface area contributed by atoms with Crippen LogP contribution in [0.3, 0.4) is 0 Å². The summed E-state index contributed by atoms with van der Waals surface area (Å²) >= 11 is 0. The maximum absolute atomic E-state index is 12.9. The molecule has 0 bridgehead atoms. The minimum Gasteiger partial charge on any atom is -0.367 e. The van der Waals surface area contributed by atoms with E-state index in [-0.39, 0.29) is 5.91 Å². The van der Waals surface area contributed by atoms with E-state index in [1.54, 1.807) is 6.20 Å². The molecule has 1 amide bonds. The minimum atomic E-state index is 0.0772. The van der Waals surface area contributed by atoms with E-state index in [1.165, 1.54) is 12.8 Å². The van der Waals surface area contributed by atoms with Crippen molar-refractivity contribution in [3.05, 3.63) is 42.1 Å². The zero-order valence-electron chi connectivity index (χ0n) is 14.7. The highest BCUT2D eigenvalue weighted by Crippen LogP contribution is 2.25. The molecule has 0 aromatic carbocycles. The van der Waals surface area contributed by atoms with Crippen LogP contribution in [0, 0.1) is 0 Å². The number of likely N-dealkylation sites (tertiary alicyclic amines) is 1. The van der Waals surface area contributed by atoms with Crippen LogP contribution in [0.25, 0.3) is 0 Å². The predicted octanol–water partition coefficient (Wildman–Crippen LogP) is 2.89. The van der Waals surface area contributed by atoms with Gasteiger partial charge in [-0.25, -0.2) is 9.97 Å².